The number of aliphatic hydroxyl groups excluding tert-OH is 3. The lowest BCUT2D eigenvalue weighted by molar-refractivity contribution is -0.271. The molecule has 5 atom stereocenters. The van der Waals surface area contributed by atoms with E-state index in [1.807, 2.05) is 0 Å². The Labute approximate surface area is 147 Å². The van der Waals surface area contributed by atoms with Gasteiger partial charge >= 0.3 is 11.9 Å². The van der Waals surface area contributed by atoms with E-state index < -0.39 is 42.6 Å². The fraction of sp³-hybridized carbons (Fsp3) is 0.375. The highest BCUT2D eigenvalue weighted by molar-refractivity contribution is 5.85. The van der Waals surface area contributed by atoms with Gasteiger partial charge in [-0.05, 0) is 23.8 Å². The third kappa shape index (κ3) is 4.29. The molecular formula is C16H18O10. The molecule has 0 bridgehead atoms. The van der Waals surface area contributed by atoms with Gasteiger partial charge in [-0.15, -0.1) is 0 Å². The summed E-state index contributed by atoms with van der Waals surface area (Å²) in [6, 6.07) is 4.33. The molecule has 1 heterocycles. The van der Waals surface area contributed by atoms with Gasteiger partial charge in [-0.25, -0.2) is 9.59 Å². The van der Waals surface area contributed by atoms with Crippen molar-refractivity contribution in [3.63, 3.8) is 0 Å². The Morgan fingerprint density at radius 3 is 2.35 bits per heavy atom. The molecule has 10 heteroatoms. The number of carboxylic acids is 2. The molecule has 1 fully saturated rings. The van der Waals surface area contributed by atoms with Crippen LogP contribution in [-0.4, -0.2) is 75.3 Å². The molecule has 10 nitrogen and oxygen atoms in total. The molecule has 1 saturated heterocycles. The van der Waals surface area contributed by atoms with Gasteiger partial charge in [-0.1, -0.05) is 6.07 Å². The Kier molecular flexibility index (Phi) is 6.16. The minimum absolute atomic E-state index is 0.0525. The first-order valence-electron chi connectivity index (χ1n) is 7.42. The van der Waals surface area contributed by atoms with E-state index in [0.29, 0.717) is 5.56 Å². The summed E-state index contributed by atoms with van der Waals surface area (Å²) in [4.78, 5) is 21.7. The summed E-state index contributed by atoms with van der Waals surface area (Å²) >= 11 is 0. The largest absolute Gasteiger partial charge is 0.493 e. The van der Waals surface area contributed by atoms with Crippen molar-refractivity contribution >= 4 is 18.0 Å². The van der Waals surface area contributed by atoms with Gasteiger partial charge in [-0.3, -0.25) is 0 Å². The minimum Gasteiger partial charge on any atom is -0.493 e. The fourth-order valence-electron chi connectivity index (χ4n) is 2.33. The zero-order valence-corrected chi connectivity index (χ0v) is 13.6. The molecule has 142 valence electrons. The van der Waals surface area contributed by atoms with Crippen molar-refractivity contribution < 1.29 is 49.3 Å². The van der Waals surface area contributed by atoms with Gasteiger partial charge in [0.25, 0.3) is 0 Å². The number of aliphatic carboxylic acids is 2. The summed E-state index contributed by atoms with van der Waals surface area (Å²) in [7, 11) is 1.32. The van der Waals surface area contributed by atoms with E-state index in [1.54, 1.807) is 0 Å². The molecule has 1 aliphatic rings. The molecule has 2 unspecified atom stereocenters. The second-order valence-electron chi connectivity index (χ2n) is 5.43. The number of benzene rings is 1. The first-order valence-corrected chi connectivity index (χ1v) is 7.42. The van der Waals surface area contributed by atoms with Crippen LogP contribution in [-0.2, 0) is 14.3 Å². The molecular weight excluding hydrogens is 352 g/mol. The molecule has 0 spiro atoms. The third-order valence-corrected chi connectivity index (χ3v) is 3.66. The Morgan fingerprint density at radius 1 is 1.08 bits per heavy atom. The first kappa shape index (κ1) is 19.7. The maximum Gasteiger partial charge on any atom is 0.335 e. The Morgan fingerprint density at radius 2 is 1.77 bits per heavy atom. The number of aliphatic hydroxyl groups is 3. The van der Waals surface area contributed by atoms with Crippen LogP contribution in [0.4, 0.5) is 0 Å². The van der Waals surface area contributed by atoms with Crippen molar-refractivity contribution in [3.05, 3.63) is 29.8 Å². The van der Waals surface area contributed by atoms with Crippen molar-refractivity contribution in [1.29, 1.82) is 0 Å². The molecule has 0 radical (unpaired) electrons. The van der Waals surface area contributed by atoms with E-state index in [9.17, 15) is 24.9 Å². The molecule has 0 amide bonds. The van der Waals surface area contributed by atoms with E-state index in [2.05, 4.69) is 0 Å². The number of carbonyl (C=O) groups is 2. The summed E-state index contributed by atoms with van der Waals surface area (Å²) in [5, 5.41) is 47.1. The Bertz CT molecular complexity index is 700. The molecule has 0 aliphatic carbocycles. The smallest absolute Gasteiger partial charge is 0.335 e. The topological polar surface area (TPSA) is 163 Å². The first-order chi connectivity index (χ1) is 12.2. The van der Waals surface area contributed by atoms with Crippen LogP contribution in [0.15, 0.2) is 24.3 Å². The SMILES string of the molecule is COc1cc(/C=C/C(=O)O)ccc1O[C@@H]1OC(C(=O)O)[C@@H](O)[C@H](O)C1O. The van der Waals surface area contributed by atoms with E-state index in [0.717, 1.165) is 6.08 Å². The second-order valence-corrected chi connectivity index (χ2v) is 5.43. The summed E-state index contributed by atoms with van der Waals surface area (Å²) in [5.74, 6) is -2.45. The molecule has 0 saturated carbocycles. The molecule has 5 N–H and O–H groups in total. The molecule has 1 aromatic rings. The standard InChI is InChI=1S/C16H18O10/c1-24-9-6-7(3-5-10(17)18)2-4-8(9)25-16-13(21)11(19)12(20)14(26-16)15(22)23/h2-6,11-14,16,19-21H,1H3,(H,17,18)(H,22,23)/b5-3+/t11-,12-,13?,14?,16+/m0/s1. The van der Waals surface area contributed by atoms with Crippen LogP contribution < -0.4 is 9.47 Å². The summed E-state index contributed by atoms with van der Waals surface area (Å²) < 4.78 is 15.5. The van der Waals surface area contributed by atoms with Crippen LogP contribution in [0.3, 0.4) is 0 Å². The lowest BCUT2D eigenvalue weighted by Gasteiger charge is -2.38. The Balaban J connectivity index is 2.23. The van der Waals surface area contributed by atoms with Crippen LogP contribution >= 0.6 is 0 Å². The molecule has 26 heavy (non-hydrogen) atoms. The maximum absolute atomic E-state index is 11.1. The number of carboxylic acid groups (broad SMARTS) is 2. The summed E-state index contributed by atoms with van der Waals surface area (Å²) in [6.07, 6.45) is -6.45. The highest BCUT2D eigenvalue weighted by Gasteiger charge is 2.48. The van der Waals surface area contributed by atoms with Gasteiger partial charge in [0, 0.05) is 6.08 Å². The van der Waals surface area contributed by atoms with Gasteiger partial charge in [0.15, 0.2) is 17.6 Å². The van der Waals surface area contributed by atoms with E-state index in [4.69, 9.17) is 24.4 Å². The Hall–Kier alpha value is -2.66. The third-order valence-electron chi connectivity index (χ3n) is 3.66. The van der Waals surface area contributed by atoms with Gasteiger partial charge in [0.05, 0.1) is 7.11 Å². The second kappa shape index (κ2) is 8.15. The monoisotopic (exact) mass is 370 g/mol. The summed E-state index contributed by atoms with van der Waals surface area (Å²) in [5.41, 5.74) is 0.487. The predicted octanol–water partition coefficient (Wildman–Crippen LogP) is -0.936. The number of ether oxygens (including phenoxy) is 3. The normalized spacial score (nSPS) is 28.7. The van der Waals surface area contributed by atoms with Gasteiger partial charge in [0.1, 0.15) is 18.3 Å². The molecule has 2 rings (SSSR count). The quantitative estimate of drug-likeness (QED) is 0.395. The zero-order valence-electron chi connectivity index (χ0n) is 13.6. The number of methoxy groups -OCH3 is 1. The molecule has 1 aliphatic heterocycles. The number of rotatable bonds is 6. The van der Waals surface area contributed by atoms with E-state index in [1.165, 1.54) is 31.4 Å². The van der Waals surface area contributed by atoms with Crippen molar-refractivity contribution in [3.8, 4) is 11.5 Å². The van der Waals surface area contributed by atoms with E-state index in [-0.39, 0.29) is 11.5 Å². The highest BCUT2D eigenvalue weighted by Crippen LogP contribution is 2.32. The van der Waals surface area contributed by atoms with E-state index >= 15 is 0 Å². The van der Waals surface area contributed by atoms with Crippen molar-refractivity contribution in [2.24, 2.45) is 0 Å². The van der Waals surface area contributed by atoms with Gasteiger partial charge in [0.2, 0.25) is 6.29 Å². The predicted molar refractivity (Wildman–Crippen MR) is 84.6 cm³/mol. The van der Waals surface area contributed by atoms with Crippen LogP contribution in [0, 0.1) is 0 Å². The molecule has 0 aromatic heterocycles. The minimum atomic E-state index is -1.83. The fourth-order valence-corrected chi connectivity index (χ4v) is 2.33. The number of hydrogen-bond donors (Lipinski definition) is 5. The van der Waals surface area contributed by atoms with Crippen molar-refractivity contribution in [2.75, 3.05) is 7.11 Å². The zero-order chi connectivity index (χ0) is 19.4. The average molecular weight is 370 g/mol. The lowest BCUT2D eigenvalue weighted by atomic mass is 9.99. The highest BCUT2D eigenvalue weighted by atomic mass is 16.7. The maximum atomic E-state index is 11.1. The van der Waals surface area contributed by atoms with Crippen molar-refractivity contribution in [1.82, 2.24) is 0 Å². The van der Waals surface area contributed by atoms with Crippen LogP contribution in [0.5, 0.6) is 11.5 Å². The average Bonchev–Trinajstić information content (AvgIpc) is 2.60. The lowest BCUT2D eigenvalue weighted by Crippen LogP contribution is -2.61. The van der Waals surface area contributed by atoms with Gasteiger partial charge in [-0.2, -0.15) is 0 Å². The van der Waals surface area contributed by atoms with Crippen LogP contribution in [0.25, 0.3) is 6.08 Å². The summed E-state index contributed by atoms with van der Waals surface area (Å²) in [6.45, 7) is 0. The number of hydrogen-bond acceptors (Lipinski definition) is 8. The molecule has 1 aromatic carbocycles. The van der Waals surface area contributed by atoms with Gasteiger partial charge < -0.3 is 39.7 Å². The van der Waals surface area contributed by atoms with Crippen LogP contribution in [0.2, 0.25) is 0 Å². The van der Waals surface area contributed by atoms with Crippen molar-refractivity contribution in [2.45, 2.75) is 30.7 Å². The van der Waals surface area contributed by atoms with Crippen LogP contribution in [0.1, 0.15) is 5.56 Å².